The number of rotatable bonds is 6. The molecule has 0 radical (unpaired) electrons. The Labute approximate surface area is 106 Å². The van der Waals surface area contributed by atoms with E-state index in [2.05, 4.69) is 42.0 Å². The first-order valence-corrected chi connectivity index (χ1v) is 6.33. The summed E-state index contributed by atoms with van der Waals surface area (Å²) in [6, 6.07) is 2.41. The van der Waals surface area contributed by atoms with Gasteiger partial charge in [0.05, 0.1) is 23.4 Å². The zero-order valence-corrected chi connectivity index (χ0v) is 11.9. The van der Waals surface area contributed by atoms with Crippen LogP contribution in [0.5, 0.6) is 0 Å². The van der Waals surface area contributed by atoms with Crippen molar-refractivity contribution in [2.75, 3.05) is 13.7 Å². The highest BCUT2D eigenvalue weighted by molar-refractivity contribution is 9.10. The zero-order chi connectivity index (χ0) is 12.1. The summed E-state index contributed by atoms with van der Waals surface area (Å²) < 4.78 is 11.7. The van der Waals surface area contributed by atoms with E-state index in [9.17, 15) is 0 Å². The third kappa shape index (κ3) is 3.61. The summed E-state index contributed by atoms with van der Waals surface area (Å²) in [5.74, 6) is 1.46. The second-order valence-corrected chi connectivity index (χ2v) is 5.18. The Morgan fingerprint density at radius 1 is 1.44 bits per heavy atom. The molecular formula is C12H20BrNO2. The Hall–Kier alpha value is -0.320. The summed E-state index contributed by atoms with van der Waals surface area (Å²) in [6.45, 7) is 7.16. The van der Waals surface area contributed by atoms with Gasteiger partial charge in [-0.3, -0.25) is 0 Å². The summed E-state index contributed by atoms with van der Waals surface area (Å²) in [6.07, 6.45) is 1.69. The summed E-state index contributed by atoms with van der Waals surface area (Å²) >= 11 is 3.47. The van der Waals surface area contributed by atoms with Crippen molar-refractivity contribution in [1.29, 1.82) is 0 Å². The van der Waals surface area contributed by atoms with Crippen molar-refractivity contribution in [1.82, 2.24) is 5.32 Å². The van der Waals surface area contributed by atoms with Crippen LogP contribution < -0.4 is 5.32 Å². The number of ether oxygens (including phenoxy) is 1. The van der Waals surface area contributed by atoms with Crippen molar-refractivity contribution < 1.29 is 9.15 Å². The summed E-state index contributed by atoms with van der Waals surface area (Å²) in [5.41, 5.74) is 0. The van der Waals surface area contributed by atoms with Gasteiger partial charge in [0, 0.05) is 13.2 Å². The quantitative estimate of drug-likeness (QED) is 0.872. The van der Waals surface area contributed by atoms with Crippen LogP contribution in [-0.2, 0) is 4.74 Å². The molecule has 2 atom stereocenters. The SMILES string of the molecule is COCC(NC(C)c1occc1Br)C(C)C. The Balaban J connectivity index is 2.61. The van der Waals surface area contributed by atoms with Crippen molar-refractivity contribution in [2.24, 2.45) is 5.92 Å². The second kappa shape index (κ2) is 6.42. The van der Waals surface area contributed by atoms with E-state index in [4.69, 9.17) is 9.15 Å². The Morgan fingerprint density at radius 2 is 2.12 bits per heavy atom. The van der Waals surface area contributed by atoms with E-state index in [0.717, 1.165) is 10.2 Å². The molecule has 1 N–H and O–H groups in total. The number of methoxy groups -OCH3 is 1. The standard InChI is InChI=1S/C12H20BrNO2/c1-8(2)11(7-15-4)14-9(3)12-10(13)5-6-16-12/h5-6,8-9,11,14H,7H2,1-4H3. The van der Waals surface area contributed by atoms with E-state index >= 15 is 0 Å². The first kappa shape index (κ1) is 13.7. The molecule has 0 aliphatic heterocycles. The van der Waals surface area contributed by atoms with Crippen LogP contribution in [0.4, 0.5) is 0 Å². The molecule has 1 aromatic rings. The van der Waals surface area contributed by atoms with E-state index in [-0.39, 0.29) is 6.04 Å². The van der Waals surface area contributed by atoms with Gasteiger partial charge in [0.25, 0.3) is 0 Å². The fraction of sp³-hybridized carbons (Fsp3) is 0.667. The van der Waals surface area contributed by atoms with Gasteiger partial charge in [-0.25, -0.2) is 0 Å². The molecule has 0 aliphatic rings. The predicted octanol–water partition coefficient (Wildman–Crippen LogP) is 3.36. The van der Waals surface area contributed by atoms with E-state index in [1.807, 2.05) is 6.07 Å². The van der Waals surface area contributed by atoms with Gasteiger partial charge in [0.15, 0.2) is 0 Å². The van der Waals surface area contributed by atoms with Gasteiger partial charge in [-0.15, -0.1) is 0 Å². The van der Waals surface area contributed by atoms with Crippen LogP contribution >= 0.6 is 15.9 Å². The molecule has 2 unspecified atom stereocenters. The fourth-order valence-corrected chi connectivity index (χ4v) is 2.17. The summed E-state index contributed by atoms with van der Waals surface area (Å²) in [5, 5.41) is 3.51. The lowest BCUT2D eigenvalue weighted by atomic mass is 10.0. The van der Waals surface area contributed by atoms with Crippen molar-refractivity contribution >= 4 is 15.9 Å². The molecule has 0 saturated heterocycles. The molecule has 0 fully saturated rings. The second-order valence-electron chi connectivity index (χ2n) is 4.33. The summed E-state index contributed by atoms with van der Waals surface area (Å²) in [7, 11) is 1.73. The van der Waals surface area contributed by atoms with Gasteiger partial charge in [0.2, 0.25) is 0 Å². The van der Waals surface area contributed by atoms with E-state index < -0.39 is 0 Å². The van der Waals surface area contributed by atoms with E-state index in [0.29, 0.717) is 18.6 Å². The molecule has 92 valence electrons. The first-order valence-electron chi connectivity index (χ1n) is 5.54. The maximum Gasteiger partial charge on any atom is 0.134 e. The fourth-order valence-electron chi connectivity index (χ4n) is 1.62. The van der Waals surface area contributed by atoms with Crippen LogP contribution in [0.1, 0.15) is 32.6 Å². The van der Waals surface area contributed by atoms with Crippen LogP contribution in [0.25, 0.3) is 0 Å². The van der Waals surface area contributed by atoms with Gasteiger partial charge < -0.3 is 14.5 Å². The van der Waals surface area contributed by atoms with Crippen molar-refractivity contribution in [2.45, 2.75) is 32.9 Å². The van der Waals surface area contributed by atoms with Crippen LogP contribution in [0.2, 0.25) is 0 Å². The van der Waals surface area contributed by atoms with Gasteiger partial charge in [-0.1, -0.05) is 13.8 Å². The van der Waals surface area contributed by atoms with Crippen LogP contribution in [0.3, 0.4) is 0 Å². The normalized spacial score (nSPS) is 15.4. The van der Waals surface area contributed by atoms with Gasteiger partial charge in [0.1, 0.15) is 5.76 Å². The maximum atomic E-state index is 5.43. The molecule has 4 heteroatoms. The van der Waals surface area contributed by atoms with Crippen molar-refractivity contribution in [3.63, 3.8) is 0 Å². The number of furan rings is 1. The topological polar surface area (TPSA) is 34.4 Å². The lowest BCUT2D eigenvalue weighted by Crippen LogP contribution is -2.39. The minimum atomic E-state index is 0.173. The van der Waals surface area contributed by atoms with Crippen LogP contribution in [0, 0.1) is 5.92 Å². The Kier molecular flexibility index (Phi) is 5.52. The van der Waals surface area contributed by atoms with Gasteiger partial charge >= 0.3 is 0 Å². The molecule has 0 spiro atoms. The smallest absolute Gasteiger partial charge is 0.134 e. The molecule has 1 heterocycles. The predicted molar refractivity (Wildman–Crippen MR) is 68.5 cm³/mol. The molecular weight excluding hydrogens is 270 g/mol. The minimum absolute atomic E-state index is 0.173. The molecule has 0 amide bonds. The highest BCUT2D eigenvalue weighted by Gasteiger charge is 2.19. The van der Waals surface area contributed by atoms with Gasteiger partial charge in [-0.05, 0) is 34.8 Å². The van der Waals surface area contributed by atoms with E-state index in [1.165, 1.54) is 0 Å². The zero-order valence-electron chi connectivity index (χ0n) is 10.3. The largest absolute Gasteiger partial charge is 0.466 e. The van der Waals surface area contributed by atoms with Gasteiger partial charge in [-0.2, -0.15) is 0 Å². The third-order valence-corrected chi connectivity index (χ3v) is 3.31. The Bertz CT molecular complexity index is 312. The highest BCUT2D eigenvalue weighted by atomic mass is 79.9. The number of nitrogens with one attached hydrogen (secondary N) is 1. The number of halogens is 1. The molecule has 0 aromatic carbocycles. The average molecular weight is 290 g/mol. The molecule has 16 heavy (non-hydrogen) atoms. The highest BCUT2D eigenvalue weighted by Crippen LogP contribution is 2.25. The monoisotopic (exact) mass is 289 g/mol. The summed E-state index contributed by atoms with van der Waals surface area (Å²) in [4.78, 5) is 0. The lowest BCUT2D eigenvalue weighted by Gasteiger charge is -2.25. The number of hydrogen-bond acceptors (Lipinski definition) is 3. The van der Waals surface area contributed by atoms with Crippen molar-refractivity contribution in [3.8, 4) is 0 Å². The Morgan fingerprint density at radius 3 is 2.56 bits per heavy atom. The van der Waals surface area contributed by atoms with E-state index in [1.54, 1.807) is 13.4 Å². The molecule has 1 aromatic heterocycles. The van der Waals surface area contributed by atoms with Crippen LogP contribution in [-0.4, -0.2) is 19.8 Å². The van der Waals surface area contributed by atoms with Crippen LogP contribution in [0.15, 0.2) is 21.2 Å². The molecule has 0 aliphatic carbocycles. The first-order chi connectivity index (χ1) is 7.56. The molecule has 0 saturated carbocycles. The minimum Gasteiger partial charge on any atom is -0.466 e. The third-order valence-electron chi connectivity index (χ3n) is 2.65. The molecule has 1 rings (SSSR count). The average Bonchev–Trinajstić information content (AvgIpc) is 2.63. The maximum absolute atomic E-state index is 5.43. The molecule has 0 bridgehead atoms. The molecule has 3 nitrogen and oxygen atoms in total. The van der Waals surface area contributed by atoms with Crippen molar-refractivity contribution in [3.05, 3.63) is 22.6 Å². The number of hydrogen-bond donors (Lipinski definition) is 1. The lowest BCUT2D eigenvalue weighted by molar-refractivity contribution is 0.139.